The van der Waals surface area contributed by atoms with Gasteiger partial charge in [-0.05, 0) is 49.7 Å². The van der Waals surface area contributed by atoms with Crippen LogP contribution in [0.1, 0.15) is 24.3 Å². The highest BCUT2D eigenvalue weighted by Gasteiger charge is 2.22. The smallest absolute Gasteiger partial charge is 0.246 e. The van der Waals surface area contributed by atoms with Gasteiger partial charge in [0.2, 0.25) is 17.6 Å². The second-order valence-corrected chi connectivity index (χ2v) is 6.55. The molecule has 28 heavy (non-hydrogen) atoms. The van der Waals surface area contributed by atoms with E-state index in [1.54, 1.807) is 12.4 Å². The Morgan fingerprint density at radius 3 is 2.93 bits per heavy atom. The second kappa shape index (κ2) is 8.62. The molecule has 1 atom stereocenters. The van der Waals surface area contributed by atoms with Crippen molar-refractivity contribution in [2.45, 2.75) is 32.0 Å². The Hall–Kier alpha value is -3.26. The van der Waals surface area contributed by atoms with Gasteiger partial charge in [-0.3, -0.25) is 9.78 Å². The molecule has 2 aromatic heterocycles. The van der Waals surface area contributed by atoms with Crippen molar-refractivity contribution in [3.05, 3.63) is 60.2 Å². The maximum atomic E-state index is 12.0. The maximum absolute atomic E-state index is 12.0. The van der Waals surface area contributed by atoms with E-state index >= 15 is 0 Å². The minimum atomic E-state index is -0.124. The number of pyridine rings is 1. The number of rotatable bonds is 7. The second-order valence-electron chi connectivity index (χ2n) is 6.55. The first-order chi connectivity index (χ1) is 13.8. The van der Waals surface area contributed by atoms with E-state index in [4.69, 9.17) is 9.26 Å². The van der Waals surface area contributed by atoms with Gasteiger partial charge < -0.3 is 19.9 Å². The molecule has 1 saturated heterocycles. The molecule has 144 valence electrons. The van der Waals surface area contributed by atoms with Gasteiger partial charge in [-0.15, -0.1) is 0 Å². The zero-order chi connectivity index (χ0) is 19.2. The van der Waals surface area contributed by atoms with Crippen LogP contribution in [0, 0.1) is 0 Å². The van der Waals surface area contributed by atoms with E-state index in [0.29, 0.717) is 18.3 Å². The molecule has 1 aliphatic heterocycles. The van der Waals surface area contributed by atoms with Crippen LogP contribution in [0.2, 0.25) is 0 Å². The number of amides is 1. The van der Waals surface area contributed by atoms with Gasteiger partial charge in [-0.1, -0.05) is 11.2 Å². The highest BCUT2D eigenvalue weighted by atomic mass is 16.5. The Labute approximate surface area is 162 Å². The molecule has 0 saturated carbocycles. The molecule has 8 heteroatoms. The SMILES string of the molecule is O=C(NCc1nc(-c2ccc(OCc3cccnc3)cc2)no1)C1CCCN1. The van der Waals surface area contributed by atoms with Gasteiger partial charge in [0.25, 0.3) is 0 Å². The summed E-state index contributed by atoms with van der Waals surface area (Å²) in [6.07, 6.45) is 5.38. The van der Waals surface area contributed by atoms with Crippen molar-refractivity contribution in [1.29, 1.82) is 0 Å². The van der Waals surface area contributed by atoms with E-state index in [1.165, 1.54) is 0 Å². The number of carbonyl (C=O) groups is 1. The number of hydrogen-bond donors (Lipinski definition) is 2. The van der Waals surface area contributed by atoms with E-state index in [-0.39, 0.29) is 18.5 Å². The number of nitrogens with zero attached hydrogens (tertiary/aromatic N) is 3. The molecule has 8 nitrogen and oxygen atoms in total. The highest BCUT2D eigenvalue weighted by molar-refractivity contribution is 5.81. The molecule has 1 unspecified atom stereocenters. The van der Waals surface area contributed by atoms with Gasteiger partial charge in [0.15, 0.2) is 0 Å². The normalized spacial score (nSPS) is 16.1. The highest BCUT2D eigenvalue weighted by Crippen LogP contribution is 2.20. The molecule has 0 radical (unpaired) electrons. The topological polar surface area (TPSA) is 102 Å². The van der Waals surface area contributed by atoms with Crippen LogP contribution in [0.15, 0.2) is 53.3 Å². The molecule has 3 heterocycles. The zero-order valence-corrected chi connectivity index (χ0v) is 15.3. The van der Waals surface area contributed by atoms with E-state index in [1.807, 2.05) is 36.4 Å². The van der Waals surface area contributed by atoms with Gasteiger partial charge in [0, 0.05) is 23.5 Å². The number of aromatic nitrogens is 3. The Bertz CT molecular complexity index is 905. The summed E-state index contributed by atoms with van der Waals surface area (Å²) in [7, 11) is 0. The predicted octanol–water partition coefficient (Wildman–Crippen LogP) is 2.08. The molecule has 4 rings (SSSR count). The molecular formula is C20H21N5O3. The minimum absolute atomic E-state index is 0.0348. The first kappa shape index (κ1) is 18.1. The average Bonchev–Trinajstić information content (AvgIpc) is 3.44. The Morgan fingerprint density at radius 2 is 2.18 bits per heavy atom. The fourth-order valence-electron chi connectivity index (χ4n) is 2.99. The van der Waals surface area contributed by atoms with Crippen molar-refractivity contribution in [2.75, 3.05) is 6.54 Å². The molecule has 1 aliphatic rings. The number of benzene rings is 1. The zero-order valence-electron chi connectivity index (χ0n) is 15.3. The first-order valence-electron chi connectivity index (χ1n) is 9.24. The average molecular weight is 379 g/mol. The Morgan fingerprint density at radius 1 is 1.29 bits per heavy atom. The van der Waals surface area contributed by atoms with E-state index in [2.05, 4.69) is 25.8 Å². The lowest BCUT2D eigenvalue weighted by atomic mass is 10.2. The molecule has 3 aromatic rings. The molecule has 1 amide bonds. The van der Waals surface area contributed by atoms with Crippen LogP contribution < -0.4 is 15.4 Å². The van der Waals surface area contributed by atoms with Crippen molar-refractivity contribution in [3.8, 4) is 17.1 Å². The van der Waals surface area contributed by atoms with E-state index in [9.17, 15) is 4.79 Å². The predicted molar refractivity (Wildman–Crippen MR) is 101 cm³/mol. The summed E-state index contributed by atoms with van der Waals surface area (Å²) in [5.74, 6) is 1.56. The van der Waals surface area contributed by atoms with Gasteiger partial charge in [0.05, 0.1) is 12.6 Å². The first-order valence-corrected chi connectivity index (χ1v) is 9.24. The van der Waals surface area contributed by atoms with Crippen molar-refractivity contribution in [3.63, 3.8) is 0 Å². The van der Waals surface area contributed by atoms with Crippen LogP contribution in [-0.2, 0) is 17.9 Å². The van der Waals surface area contributed by atoms with Gasteiger partial charge >= 0.3 is 0 Å². The summed E-state index contributed by atoms with van der Waals surface area (Å²) in [5, 5.41) is 9.96. The fraction of sp³-hybridized carbons (Fsp3) is 0.300. The lowest BCUT2D eigenvalue weighted by molar-refractivity contribution is -0.123. The van der Waals surface area contributed by atoms with E-state index < -0.39 is 0 Å². The number of nitrogens with one attached hydrogen (secondary N) is 2. The summed E-state index contributed by atoms with van der Waals surface area (Å²) >= 11 is 0. The van der Waals surface area contributed by atoms with Crippen LogP contribution in [0.3, 0.4) is 0 Å². The molecule has 2 N–H and O–H groups in total. The molecule has 1 fully saturated rings. The quantitative estimate of drug-likeness (QED) is 0.648. The summed E-state index contributed by atoms with van der Waals surface area (Å²) in [6, 6.07) is 11.2. The lowest BCUT2D eigenvalue weighted by Crippen LogP contribution is -2.40. The van der Waals surface area contributed by atoms with Gasteiger partial charge in [-0.2, -0.15) is 4.98 Å². The standard InChI is InChI=1S/C20H21N5O3/c26-20(17-4-2-10-22-17)23-12-18-24-19(25-28-18)15-5-7-16(8-6-15)27-13-14-3-1-9-21-11-14/h1,3,5-9,11,17,22H,2,4,10,12-13H2,(H,23,26). The van der Waals surface area contributed by atoms with Crippen molar-refractivity contribution in [1.82, 2.24) is 25.8 Å². The van der Waals surface area contributed by atoms with Gasteiger partial charge in [0.1, 0.15) is 12.4 Å². The molecule has 0 bridgehead atoms. The van der Waals surface area contributed by atoms with Crippen LogP contribution in [0.4, 0.5) is 0 Å². The van der Waals surface area contributed by atoms with Crippen LogP contribution >= 0.6 is 0 Å². The van der Waals surface area contributed by atoms with Crippen LogP contribution in [0.5, 0.6) is 5.75 Å². The third kappa shape index (κ3) is 4.52. The third-order valence-electron chi connectivity index (χ3n) is 4.50. The number of carbonyl (C=O) groups excluding carboxylic acids is 1. The molecule has 0 aliphatic carbocycles. The fourth-order valence-corrected chi connectivity index (χ4v) is 2.99. The monoisotopic (exact) mass is 379 g/mol. The minimum Gasteiger partial charge on any atom is -0.489 e. The largest absolute Gasteiger partial charge is 0.489 e. The van der Waals surface area contributed by atoms with E-state index in [0.717, 1.165) is 36.3 Å². The number of ether oxygens (including phenoxy) is 1. The Balaban J connectivity index is 1.31. The molecule has 1 aromatic carbocycles. The summed E-state index contributed by atoms with van der Waals surface area (Å²) in [6.45, 7) is 1.55. The third-order valence-corrected chi connectivity index (χ3v) is 4.50. The Kier molecular flexibility index (Phi) is 5.58. The lowest BCUT2D eigenvalue weighted by Gasteiger charge is -2.08. The van der Waals surface area contributed by atoms with Gasteiger partial charge in [-0.25, -0.2) is 0 Å². The summed E-state index contributed by atoms with van der Waals surface area (Å²) < 4.78 is 11.0. The summed E-state index contributed by atoms with van der Waals surface area (Å²) in [4.78, 5) is 20.4. The van der Waals surface area contributed by atoms with Crippen molar-refractivity contribution >= 4 is 5.91 Å². The van der Waals surface area contributed by atoms with Crippen molar-refractivity contribution < 1.29 is 14.1 Å². The van der Waals surface area contributed by atoms with Crippen LogP contribution in [0.25, 0.3) is 11.4 Å². The summed E-state index contributed by atoms with van der Waals surface area (Å²) in [5.41, 5.74) is 1.82. The molecular weight excluding hydrogens is 358 g/mol. The molecule has 0 spiro atoms. The number of hydrogen-bond acceptors (Lipinski definition) is 7. The maximum Gasteiger partial charge on any atom is 0.246 e. The van der Waals surface area contributed by atoms with Crippen LogP contribution in [-0.4, -0.2) is 33.6 Å². The van der Waals surface area contributed by atoms with Crippen molar-refractivity contribution in [2.24, 2.45) is 0 Å².